The Bertz CT molecular complexity index is 576. The zero-order valence-electron chi connectivity index (χ0n) is 10.2. The van der Waals surface area contributed by atoms with Crippen molar-refractivity contribution in [2.75, 3.05) is 11.9 Å². The lowest BCUT2D eigenvalue weighted by Crippen LogP contribution is -2.02. The van der Waals surface area contributed by atoms with Crippen LogP contribution in [0.1, 0.15) is 18.9 Å². The van der Waals surface area contributed by atoms with Crippen molar-refractivity contribution in [3.05, 3.63) is 40.5 Å². The number of hydrogen-bond acceptors (Lipinski definition) is 3. The van der Waals surface area contributed by atoms with Crippen LogP contribution in [0.4, 0.5) is 14.6 Å². The maximum Gasteiger partial charge on any atom is 0.263 e. The van der Waals surface area contributed by atoms with Gasteiger partial charge in [0.25, 0.3) is 6.43 Å². The van der Waals surface area contributed by atoms with Gasteiger partial charge in [-0.2, -0.15) is 0 Å². The Hall–Kier alpha value is -1.56. The van der Waals surface area contributed by atoms with E-state index in [0.29, 0.717) is 23.8 Å². The van der Waals surface area contributed by atoms with E-state index in [4.69, 9.17) is 0 Å². The molecule has 6 heteroatoms. The van der Waals surface area contributed by atoms with E-state index < -0.39 is 6.43 Å². The summed E-state index contributed by atoms with van der Waals surface area (Å²) in [6.45, 7) is 2.66. The quantitative estimate of drug-likeness (QED) is 0.910. The highest BCUT2D eigenvalue weighted by molar-refractivity contribution is 9.10. The van der Waals surface area contributed by atoms with E-state index in [9.17, 15) is 8.78 Å². The van der Waals surface area contributed by atoms with E-state index in [1.165, 1.54) is 12.1 Å². The molecule has 1 aromatic carbocycles. The summed E-state index contributed by atoms with van der Waals surface area (Å²) in [6, 6.07) is 6.09. The zero-order chi connectivity index (χ0) is 13.8. The van der Waals surface area contributed by atoms with Gasteiger partial charge in [0, 0.05) is 23.9 Å². The highest BCUT2D eigenvalue weighted by Gasteiger charge is 2.10. The molecule has 0 aliphatic rings. The van der Waals surface area contributed by atoms with Crippen molar-refractivity contribution in [3.8, 4) is 11.4 Å². The number of hydrogen-bond donors (Lipinski definition) is 1. The first-order valence-corrected chi connectivity index (χ1v) is 6.56. The van der Waals surface area contributed by atoms with Crippen LogP contribution in [0.15, 0.2) is 34.9 Å². The molecule has 100 valence electrons. The zero-order valence-corrected chi connectivity index (χ0v) is 11.8. The van der Waals surface area contributed by atoms with Gasteiger partial charge in [0.05, 0.1) is 4.47 Å². The van der Waals surface area contributed by atoms with E-state index >= 15 is 0 Å². The minimum Gasteiger partial charge on any atom is -0.369 e. The van der Waals surface area contributed by atoms with Crippen molar-refractivity contribution >= 4 is 21.7 Å². The summed E-state index contributed by atoms with van der Waals surface area (Å²) in [5.41, 5.74) is 0.540. The molecule has 0 fully saturated rings. The summed E-state index contributed by atoms with van der Waals surface area (Å²) < 4.78 is 26.1. The SMILES string of the molecule is CCNc1nc(-c2cccc(C(F)F)c2)ncc1Br. The summed E-state index contributed by atoms with van der Waals surface area (Å²) in [4.78, 5) is 8.47. The van der Waals surface area contributed by atoms with Gasteiger partial charge in [-0.1, -0.05) is 18.2 Å². The monoisotopic (exact) mass is 327 g/mol. The molecule has 0 aliphatic heterocycles. The fraction of sp³-hybridized carbons (Fsp3) is 0.231. The highest BCUT2D eigenvalue weighted by atomic mass is 79.9. The van der Waals surface area contributed by atoms with Crippen LogP contribution < -0.4 is 5.32 Å². The second kappa shape index (κ2) is 6.06. The van der Waals surface area contributed by atoms with Crippen molar-refractivity contribution in [1.29, 1.82) is 0 Å². The first kappa shape index (κ1) is 13.9. The van der Waals surface area contributed by atoms with Crippen molar-refractivity contribution in [2.45, 2.75) is 13.3 Å². The minimum atomic E-state index is -2.50. The van der Waals surface area contributed by atoms with Crippen LogP contribution in [-0.2, 0) is 0 Å². The fourth-order valence-corrected chi connectivity index (χ4v) is 1.94. The van der Waals surface area contributed by atoms with Crippen LogP contribution in [-0.4, -0.2) is 16.5 Å². The molecule has 0 radical (unpaired) electrons. The normalized spacial score (nSPS) is 10.8. The first-order chi connectivity index (χ1) is 9.11. The molecule has 0 amide bonds. The molecule has 1 aromatic heterocycles. The largest absolute Gasteiger partial charge is 0.369 e. The van der Waals surface area contributed by atoms with Crippen LogP contribution in [0.5, 0.6) is 0 Å². The van der Waals surface area contributed by atoms with Gasteiger partial charge in [0.1, 0.15) is 5.82 Å². The smallest absolute Gasteiger partial charge is 0.263 e. The molecule has 0 saturated heterocycles. The van der Waals surface area contributed by atoms with Gasteiger partial charge in [-0.3, -0.25) is 0 Å². The standard InChI is InChI=1S/C13H12BrF2N3/c1-2-17-13-10(14)7-18-12(19-13)9-5-3-4-8(6-9)11(15)16/h3-7,11H,2H2,1H3,(H,17,18,19). The molecule has 3 nitrogen and oxygen atoms in total. The minimum absolute atomic E-state index is 0.0333. The van der Waals surface area contributed by atoms with Crippen molar-refractivity contribution in [3.63, 3.8) is 0 Å². The van der Waals surface area contributed by atoms with Gasteiger partial charge >= 0.3 is 0 Å². The number of halogens is 3. The van der Waals surface area contributed by atoms with Gasteiger partial charge < -0.3 is 5.32 Å². The van der Waals surface area contributed by atoms with Crippen LogP contribution in [0.3, 0.4) is 0 Å². The van der Waals surface area contributed by atoms with Crippen LogP contribution in [0.2, 0.25) is 0 Å². The Labute approximate surface area is 118 Å². The predicted octanol–water partition coefficient (Wildman–Crippen LogP) is 4.28. The number of nitrogens with zero attached hydrogens (tertiary/aromatic N) is 2. The number of anilines is 1. The van der Waals surface area contributed by atoms with Gasteiger partial charge in [0.15, 0.2) is 5.82 Å². The molecule has 2 aromatic rings. The van der Waals surface area contributed by atoms with Gasteiger partial charge in [-0.25, -0.2) is 18.7 Å². The third-order valence-electron chi connectivity index (χ3n) is 2.49. The lowest BCUT2D eigenvalue weighted by atomic mass is 10.1. The van der Waals surface area contributed by atoms with E-state index in [0.717, 1.165) is 4.47 Å². The summed E-state index contributed by atoms with van der Waals surface area (Å²) >= 11 is 3.33. The first-order valence-electron chi connectivity index (χ1n) is 5.76. The molecule has 0 bridgehead atoms. The van der Waals surface area contributed by atoms with Gasteiger partial charge in [-0.05, 0) is 28.9 Å². The second-order valence-corrected chi connectivity index (χ2v) is 4.70. The number of alkyl halides is 2. The summed E-state index contributed by atoms with van der Waals surface area (Å²) in [6.07, 6.45) is -0.890. The molecular formula is C13H12BrF2N3. The van der Waals surface area contributed by atoms with Crippen LogP contribution in [0.25, 0.3) is 11.4 Å². The average molecular weight is 328 g/mol. The number of rotatable bonds is 4. The third-order valence-corrected chi connectivity index (χ3v) is 3.07. The molecule has 19 heavy (non-hydrogen) atoms. The molecular weight excluding hydrogens is 316 g/mol. The Morgan fingerprint density at radius 1 is 1.37 bits per heavy atom. The average Bonchev–Trinajstić information content (AvgIpc) is 2.41. The summed E-state index contributed by atoms with van der Waals surface area (Å²) in [7, 11) is 0. The topological polar surface area (TPSA) is 37.8 Å². The lowest BCUT2D eigenvalue weighted by Gasteiger charge is -2.08. The fourth-order valence-electron chi connectivity index (χ4n) is 1.61. The second-order valence-electron chi connectivity index (χ2n) is 3.85. The van der Waals surface area contributed by atoms with Crippen LogP contribution >= 0.6 is 15.9 Å². The highest BCUT2D eigenvalue weighted by Crippen LogP contribution is 2.26. The predicted molar refractivity (Wildman–Crippen MR) is 74.3 cm³/mol. The maximum atomic E-state index is 12.7. The molecule has 2 rings (SSSR count). The van der Waals surface area contributed by atoms with Crippen molar-refractivity contribution < 1.29 is 8.78 Å². The van der Waals surface area contributed by atoms with Gasteiger partial charge in [0.2, 0.25) is 0 Å². The van der Waals surface area contributed by atoms with E-state index in [1.807, 2.05) is 6.92 Å². The Morgan fingerprint density at radius 3 is 2.84 bits per heavy atom. The molecule has 0 unspecified atom stereocenters. The lowest BCUT2D eigenvalue weighted by molar-refractivity contribution is 0.151. The number of aromatic nitrogens is 2. The molecule has 1 N–H and O–H groups in total. The molecule has 0 aliphatic carbocycles. The summed E-state index contributed by atoms with van der Waals surface area (Å²) in [5, 5.41) is 3.08. The Kier molecular flexibility index (Phi) is 4.42. The van der Waals surface area contributed by atoms with Crippen molar-refractivity contribution in [2.24, 2.45) is 0 Å². The summed E-state index contributed by atoms with van der Waals surface area (Å²) in [5.74, 6) is 1.07. The Morgan fingerprint density at radius 2 is 2.16 bits per heavy atom. The molecule has 1 heterocycles. The van der Waals surface area contributed by atoms with E-state index in [1.54, 1.807) is 18.3 Å². The molecule has 0 atom stereocenters. The molecule has 0 saturated carbocycles. The third kappa shape index (κ3) is 3.26. The Balaban J connectivity index is 2.41. The van der Waals surface area contributed by atoms with E-state index in [-0.39, 0.29) is 5.56 Å². The van der Waals surface area contributed by atoms with E-state index in [2.05, 4.69) is 31.2 Å². The number of benzene rings is 1. The van der Waals surface area contributed by atoms with Crippen molar-refractivity contribution in [1.82, 2.24) is 9.97 Å². The maximum absolute atomic E-state index is 12.7. The van der Waals surface area contributed by atoms with Gasteiger partial charge in [-0.15, -0.1) is 0 Å². The van der Waals surface area contributed by atoms with Crippen LogP contribution in [0, 0.1) is 0 Å². The number of nitrogens with one attached hydrogen (secondary N) is 1. The molecule has 0 spiro atoms.